The highest BCUT2D eigenvalue weighted by Gasteiger charge is 2.25. The Balaban J connectivity index is 4.46. The highest BCUT2D eigenvalue weighted by atomic mass is 16.5. The summed E-state index contributed by atoms with van der Waals surface area (Å²) in [5.74, 6) is 1.44. The van der Waals surface area contributed by atoms with E-state index in [1.54, 1.807) is 0 Å². The van der Waals surface area contributed by atoms with Gasteiger partial charge in [-0.25, -0.2) is 0 Å². The molecule has 0 aliphatic rings. The average molecular weight is 243 g/mol. The Labute approximate surface area is 109 Å². The molecule has 0 aromatic carbocycles. The zero-order valence-electron chi connectivity index (χ0n) is 12.8. The second-order valence-electron chi connectivity index (χ2n) is 5.49. The Morgan fingerprint density at radius 3 is 2.12 bits per heavy atom. The molecule has 17 heavy (non-hydrogen) atoms. The smallest absolute Gasteiger partial charge is 0.0727 e. The van der Waals surface area contributed by atoms with Crippen LogP contribution in [0.5, 0.6) is 0 Å². The summed E-state index contributed by atoms with van der Waals surface area (Å²) in [7, 11) is 0. The van der Waals surface area contributed by atoms with Crippen LogP contribution in [0.3, 0.4) is 0 Å². The molecule has 0 aliphatic carbocycles. The van der Waals surface area contributed by atoms with E-state index in [1.807, 2.05) is 0 Å². The SMILES string of the molecule is CCCNC(C(C)CC(C)C)C(CC)OCC. The third kappa shape index (κ3) is 7.05. The van der Waals surface area contributed by atoms with Crippen molar-refractivity contribution >= 4 is 0 Å². The standard InChI is InChI=1S/C15H33NO/c1-7-10-16-15(13(6)11-12(4)5)14(8-2)17-9-3/h12-16H,7-11H2,1-6H3. The van der Waals surface area contributed by atoms with Crippen LogP contribution in [0, 0.1) is 11.8 Å². The van der Waals surface area contributed by atoms with Gasteiger partial charge in [0.05, 0.1) is 6.10 Å². The normalized spacial score (nSPS) is 17.1. The summed E-state index contributed by atoms with van der Waals surface area (Å²) in [6, 6.07) is 0.502. The Kier molecular flexibility index (Phi) is 9.85. The van der Waals surface area contributed by atoms with Gasteiger partial charge in [0.1, 0.15) is 0 Å². The molecular formula is C15H33NO. The van der Waals surface area contributed by atoms with E-state index in [4.69, 9.17) is 4.74 Å². The Morgan fingerprint density at radius 2 is 1.71 bits per heavy atom. The molecule has 0 aliphatic heterocycles. The first-order valence-electron chi connectivity index (χ1n) is 7.41. The predicted molar refractivity (Wildman–Crippen MR) is 76.4 cm³/mol. The summed E-state index contributed by atoms with van der Waals surface area (Å²) in [4.78, 5) is 0. The van der Waals surface area contributed by atoms with E-state index in [2.05, 4.69) is 46.9 Å². The number of rotatable bonds is 10. The third-order valence-corrected chi connectivity index (χ3v) is 3.27. The van der Waals surface area contributed by atoms with E-state index in [-0.39, 0.29) is 0 Å². The maximum absolute atomic E-state index is 5.89. The van der Waals surface area contributed by atoms with Gasteiger partial charge >= 0.3 is 0 Å². The molecule has 0 heterocycles. The average Bonchev–Trinajstić information content (AvgIpc) is 2.27. The van der Waals surface area contributed by atoms with Crippen molar-refractivity contribution in [2.45, 2.75) is 73.0 Å². The van der Waals surface area contributed by atoms with E-state index in [9.17, 15) is 0 Å². The van der Waals surface area contributed by atoms with Crippen LogP contribution in [0.25, 0.3) is 0 Å². The topological polar surface area (TPSA) is 21.3 Å². The van der Waals surface area contributed by atoms with Gasteiger partial charge in [-0.15, -0.1) is 0 Å². The highest BCUT2D eigenvalue weighted by molar-refractivity contribution is 4.82. The van der Waals surface area contributed by atoms with Gasteiger partial charge in [-0.05, 0) is 44.6 Å². The quantitative estimate of drug-likeness (QED) is 0.629. The van der Waals surface area contributed by atoms with E-state index in [0.29, 0.717) is 18.1 Å². The maximum atomic E-state index is 5.89. The summed E-state index contributed by atoms with van der Waals surface area (Å²) in [6.07, 6.45) is 3.91. The summed E-state index contributed by atoms with van der Waals surface area (Å²) >= 11 is 0. The monoisotopic (exact) mass is 243 g/mol. The largest absolute Gasteiger partial charge is 0.377 e. The molecule has 2 nitrogen and oxygen atoms in total. The van der Waals surface area contributed by atoms with Crippen molar-refractivity contribution in [2.75, 3.05) is 13.2 Å². The molecule has 104 valence electrons. The fourth-order valence-electron chi connectivity index (χ4n) is 2.59. The lowest BCUT2D eigenvalue weighted by Crippen LogP contribution is -2.46. The summed E-state index contributed by atoms with van der Waals surface area (Å²) in [5, 5.41) is 3.69. The minimum Gasteiger partial charge on any atom is -0.377 e. The highest BCUT2D eigenvalue weighted by Crippen LogP contribution is 2.20. The number of hydrogen-bond donors (Lipinski definition) is 1. The molecule has 3 atom stereocenters. The molecule has 0 rings (SSSR count). The molecule has 0 radical (unpaired) electrons. The molecule has 0 bridgehead atoms. The lowest BCUT2D eigenvalue weighted by molar-refractivity contribution is 0.0146. The second-order valence-corrected chi connectivity index (χ2v) is 5.49. The van der Waals surface area contributed by atoms with Crippen LogP contribution in [0.2, 0.25) is 0 Å². The molecule has 0 spiro atoms. The van der Waals surface area contributed by atoms with Crippen molar-refractivity contribution in [3.05, 3.63) is 0 Å². The van der Waals surface area contributed by atoms with Crippen LogP contribution in [-0.4, -0.2) is 25.3 Å². The summed E-state index contributed by atoms with van der Waals surface area (Å²) in [6.45, 7) is 15.4. The van der Waals surface area contributed by atoms with Crippen LogP contribution in [-0.2, 0) is 4.74 Å². The van der Waals surface area contributed by atoms with Crippen LogP contribution in [0.1, 0.15) is 60.8 Å². The second kappa shape index (κ2) is 9.90. The van der Waals surface area contributed by atoms with Gasteiger partial charge in [-0.3, -0.25) is 0 Å². The van der Waals surface area contributed by atoms with Gasteiger partial charge in [-0.2, -0.15) is 0 Å². The number of ether oxygens (including phenoxy) is 1. The van der Waals surface area contributed by atoms with E-state index in [0.717, 1.165) is 25.5 Å². The Bertz CT molecular complexity index is 170. The lowest BCUT2D eigenvalue weighted by atomic mass is 9.88. The predicted octanol–water partition coefficient (Wildman–Crippen LogP) is 3.85. The Morgan fingerprint density at radius 1 is 1.06 bits per heavy atom. The van der Waals surface area contributed by atoms with Gasteiger partial charge in [-0.1, -0.05) is 34.6 Å². The first kappa shape index (κ1) is 16.9. The van der Waals surface area contributed by atoms with Crippen molar-refractivity contribution in [3.8, 4) is 0 Å². The van der Waals surface area contributed by atoms with Crippen LogP contribution >= 0.6 is 0 Å². The van der Waals surface area contributed by atoms with Crippen molar-refractivity contribution < 1.29 is 4.74 Å². The molecule has 0 saturated heterocycles. The third-order valence-electron chi connectivity index (χ3n) is 3.27. The Hall–Kier alpha value is -0.0800. The molecule has 0 amide bonds. The maximum Gasteiger partial charge on any atom is 0.0727 e. The summed E-state index contributed by atoms with van der Waals surface area (Å²) < 4.78 is 5.89. The molecule has 0 aromatic heterocycles. The molecule has 3 unspecified atom stereocenters. The van der Waals surface area contributed by atoms with Gasteiger partial charge < -0.3 is 10.1 Å². The van der Waals surface area contributed by atoms with Crippen LogP contribution in [0.4, 0.5) is 0 Å². The van der Waals surface area contributed by atoms with Crippen LogP contribution in [0.15, 0.2) is 0 Å². The van der Waals surface area contributed by atoms with Crippen molar-refractivity contribution in [3.63, 3.8) is 0 Å². The zero-order chi connectivity index (χ0) is 13.3. The van der Waals surface area contributed by atoms with Gasteiger partial charge in [0.25, 0.3) is 0 Å². The molecule has 0 saturated carbocycles. The molecular weight excluding hydrogens is 210 g/mol. The minimum absolute atomic E-state index is 0.361. The zero-order valence-corrected chi connectivity index (χ0v) is 12.8. The molecule has 2 heteroatoms. The number of hydrogen-bond acceptors (Lipinski definition) is 2. The fraction of sp³-hybridized carbons (Fsp3) is 1.00. The van der Waals surface area contributed by atoms with Crippen molar-refractivity contribution in [2.24, 2.45) is 11.8 Å². The van der Waals surface area contributed by atoms with Crippen molar-refractivity contribution in [1.82, 2.24) is 5.32 Å². The minimum atomic E-state index is 0.361. The molecule has 1 N–H and O–H groups in total. The van der Waals surface area contributed by atoms with Crippen molar-refractivity contribution in [1.29, 1.82) is 0 Å². The summed E-state index contributed by atoms with van der Waals surface area (Å²) in [5.41, 5.74) is 0. The van der Waals surface area contributed by atoms with Gasteiger partial charge in [0.15, 0.2) is 0 Å². The first-order chi connectivity index (χ1) is 8.06. The van der Waals surface area contributed by atoms with Gasteiger partial charge in [0, 0.05) is 12.6 Å². The van der Waals surface area contributed by atoms with E-state index < -0.39 is 0 Å². The van der Waals surface area contributed by atoms with E-state index >= 15 is 0 Å². The fourth-order valence-corrected chi connectivity index (χ4v) is 2.59. The van der Waals surface area contributed by atoms with Crippen LogP contribution < -0.4 is 5.32 Å². The molecule has 0 fully saturated rings. The first-order valence-corrected chi connectivity index (χ1v) is 7.41. The lowest BCUT2D eigenvalue weighted by Gasteiger charge is -2.33. The van der Waals surface area contributed by atoms with E-state index in [1.165, 1.54) is 12.8 Å². The number of nitrogens with one attached hydrogen (secondary N) is 1. The molecule has 0 aromatic rings. The van der Waals surface area contributed by atoms with Gasteiger partial charge in [0.2, 0.25) is 0 Å².